The lowest BCUT2D eigenvalue weighted by atomic mass is 9.88. The van der Waals surface area contributed by atoms with Crippen LogP contribution in [0.1, 0.15) is 59.8 Å². The van der Waals surface area contributed by atoms with Gasteiger partial charge in [-0.05, 0) is 94.5 Å². The van der Waals surface area contributed by atoms with Crippen molar-refractivity contribution in [3.63, 3.8) is 0 Å². The van der Waals surface area contributed by atoms with Gasteiger partial charge in [-0.1, -0.05) is 12.1 Å². The lowest BCUT2D eigenvalue weighted by Crippen LogP contribution is -2.44. The van der Waals surface area contributed by atoms with Crippen molar-refractivity contribution >= 4 is 11.6 Å². The highest BCUT2D eigenvalue weighted by Gasteiger charge is 2.29. The lowest BCUT2D eigenvalue weighted by molar-refractivity contribution is 0.0950. The van der Waals surface area contributed by atoms with Crippen molar-refractivity contribution in [1.82, 2.24) is 20.0 Å². The molecule has 1 aliphatic rings. The molecule has 0 aliphatic heterocycles. The second-order valence-corrected chi connectivity index (χ2v) is 12.0. The number of aromatic nitrogens is 2. The van der Waals surface area contributed by atoms with Gasteiger partial charge in [-0.3, -0.25) is 19.4 Å². The summed E-state index contributed by atoms with van der Waals surface area (Å²) in [5.74, 6) is 0.573. The van der Waals surface area contributed by atoms with Crippen molar-refractivity contribution in [1.29, 1.82) is 0 Å². The van der Waals surface area contributed by atoms with E-state index in [0.717, 1.165) is 79.2 Å². The number of methoxy groups -OCH3 is 2. The van der Waals surface area contributed by atoms with Crippen LogP contribution in [0.4, 0.5) is 5.69 Å². The van der Waals surface area contributed by atoms with E-state index in [0.29, 0.717) is 36.4 Å². The number of benzene rings is 2. The van der Waals surface area contributed by atoms with Gasteiger partial charge in [0, 0.05) is 63.4 Å². The van der Waals surface area contributed by atoms with E-state index < -0.39 is 0 Å². The summed E-state index contributed by atoms with van der Waals surface area (Å²) in [7, 11) is 7.39. The predicted octanol–water partition coefficient (Wildman–Crippen LogP) is 4.67. The van der Waals surface area contributed by atoms with Gasteiger partial charge in [-0.25, -0.2) is 0 Å². The van der Waals surface area contributed by atoms with Crippen LogP contribution in [0.25, 0.3) is 11.1 Å². The minimum atomic E-state index is -0.197. The highest BCUT2D eigenvalue weighted by molar-refractivity contribution is 5.99. The molecule has 10 nitrogen and oxygen atoms in total. The van der Waals surface area contributed by atoms with Crippen LogP contribution in [-0.4, -0.2) is 86.8 Å². The number of nitrogens with one attached hydrogen (secondary N) is 2. The maximum Gasteiger partial charge on any atom is 0.269 e. The molecular weight excluding hydrogens is 570 g/mol. The predicted molar refractivity (Wildman–Crippen MR) is 179 cm³/mol. The lowest BCUT2D eigenvalue weighted by Gasteiger charge is -2.41. The second-order valence-electron chi connectivity index (χ2n) is 12.0. The number of carbonyl (C=O) groups is 1. The third-order valence-corrected chi connectivity index (χ3v) is 9.31. The summed E-state index contributed by atoms with van der Waals surface area (Å²) in [6.45, 7) is 9.78. The van der Waals surface area contributed by atoms with E-state index in [9.17, 15) is 9.59 Å². The van der Waals surface area contributed by atoms with Crippen LogP contribution in [-0.2, 0) is 23.1 Å². The Morgan fingerprint density at radius 1 is 0.978 bits per heavy atom. The first-order valence-corrected chi connectivity index (χ1v) is 16.0. The summed E-state index contributed by atoms with van der Waals surface area (Å²) in [5.41, 5.74) is 5.77. The molecular formula is C35H51N5O5. The normalized spacial score (nSPS) is 16.6. The number of nitrogens with zero attached hydrogens (tertiary/aromatic N) is 3. The first-order valence-electron chi connectivity index (χ1n) is 16.0. The van der Waals surface area contributed by atoms with Crippen molar-refractivity contribution in [3.05, 3.63) is 69.1 Å². The summed E-state index contributed by atoms with van der Waals surface area (Å²) in [4.78, 5) is 31.1. The molecule has 0 atom stereocenters. The Morgan fingerprint density at radius 3 is 2.24 bits per heavy atom. The molecule has 0 unspecified atom stereocenters. The molecule has 246 valence electrons. The van der Waals surface area contributed by atoms with E-state index >= 15 is 0 Å². The largest absolute Gasteiger partial charge is 0.491 e. The van der Waals surface area contributed by atoms with E-state index in [-0.39, 0.29) is 18.0 Å². The van der Waals surface area contributed by atoms with Crippen LogP contribution in [0.3, 0.4) is 0 Å². The summed E-state index contributed by atoms with van der Waals surface area (Å²) in [5, 5.41) is 5.79. The SMILES string of the molecule is CCN(c1cc(-c2ccc(OCCOC)cc2)cc(C(=O)NCc2c(C)n(C)[nH]c2=O)c1C)C1CCC(N(C)CCOC)CC1. The van der Waals surface area contributed by atoms with Crippen LogP contribution in [0.5, 0.6) is 5.75 Å². The summed E-state index contributed by atoms with van der Waals surface area (Å²) in [6, 6.07) is 13.1. The molecule has 4 rings (SSSR count). The molecule has 2 N–H and O–H groups in total. The first kappa shape index (κ1) is 34.3. The number of anilines is 1. The van der Waals surface area contributed by atoms with E-state index in [1.54, 1.807) is 25.9 Å². The van der Waals surface area contributed by atoms with Gasteiger partial charge in [0.1, 0.15) is 12.4 Å². The number of hydrogen-bond acceptors (Lipinski definition) is 7. The molecule has 45 heavy (non-hydrogen) atoms. The number of rotatable bonds is 15. The maximum atomic E-state index is 13.8. The average molecular weight is 622 g/mol. The number of likely N-dealkylation sites (N-methyl/N-ethyl adjacent to an activating group) is 1. The fourth-order valence-corrected chi connectivity index (χ4v) is 6.38. The molecule has 3 aromatic rings. The van der Waals surface area contributed by atoms with E-state index in [1.165, 1.54) is 0 Å². The van der Waals surface area contributed by atoms with Gasteiger partial charge >= 0.3 is 0 Å². The van der Waals surface area contributed by atoms with Gasteiger partial charge in [0.2, 0.25) is 0 Å². The number of ether oxygens (including phenoxy) is 3. The number of H-pyrrole nitrogens is 1. The maximum absolute atomic E-state index is 13.8. The zero-order chi connectivity index (χ0) is 32.5. The Bertz CT molecular complexity index is 1460. The Morgan fingerprint density at radius 2 is 1.64 bits per heavy atom. The second kappa shape index (κ2) is 16.1. The molecule has 1 amide bonds. The quantitative estimate of drug-likeness (QED) is 0.238. The molecule has 1 heterocycles. The molecule has 1 fully saturated rings. The standard InChI is InChI=1S/C35H51N5O5/c1-8-40(29-13-11-28(12-14-29)38(4)17-18-43-6)33-22-27(26-9-15-30(16-10-26)45-20-19-44-7)21-31(24(33)2)34(41)36-23-32-25(3)39(5)37-35(32)42/h9-10,15-16,21-22,28-29H,8,11-14,17-20,23H2,1-7H3,(H,36,41)(H,37,42). The Balaban J connectivity index is 1.64. The van der Waals surface area contributed by atoms with Gasteiger partial charge in [0.05, 0.1) is 25.3 Å². The Kier molecular flexibility index (Phi) is 12.3. The number of amides is 1. The molecule has 1 aliphatic carbocycles. The average Bonchev–Trinajstić information content (AvgIpc) is 3.29. The molecule has 0 spiro atoms. The van der Waals surface area contributed by atoms with Crippen molar-refractivity contribution in [2.24, 2.45) is 7.05 Å². The fraction of sp³-hybridized carbons (Fsp3) is 0.543. The number of carbonyl (C=O) groups excluding carboxylic acids is 1. The van der Waals surface area contributed by atoms with Gasteiger partial charge < -0.3 is 29.3 Å². The van der Waals surface area contributed by atoms with Crippen LogP contribution >= 0.6 is 0 Å². The van der Waals surface area contributed by atoms with Crippen molar-refractivity contribution < 1.29 is 19.0 Å². The van der Waals surface area contributed by atoms with Crippen LogP contribution in [0, 0.1) is 13.8 Å². The van der Waals surface area contributed by atoms with Gasteiger partial charge in [-0.2, -0.15) is 0 Å². The molecule has 10 heteroatoms. The number of aryl methyl sites for hydroxylation is 1. The van der Waals surface area contributed by atoms with Crippen molar-refractivity contribution in [2.45, 2.75) is 65.1 Å². The Hall–Kier alpha value is -3.60. The first-order chi connectivity index (χ1) is 21.7. The van der Waals surface area contributed by atoms with Gasteiger partial charge in [0.15, 0.2) is 0 Å². The number of aromatic amines is 1. The van der Waals surface area contributed by atoms with Crippen LogP contribution in [0.15, 0.2) is 41.2 Å². The van der Waals surface area contributed by atoms with Gasteiger partial charge in [0.25, 0.3) is 11.5 Å². The zero-order valence-electron chi connectivity index (χ0n) is 28.1. The number of hydrogen-bond donors (Lipinski definition) is 2. The fourth-order valence-electron chi connectivity index (χ4n) is 6.38. The molecule has 0 radical (unpaired) electrons. The zero-order valence-corrected chi connectivity index (χ0v) is 28.1. The van der Waals surface area contributed by atoms with Crippen molar-refractivity contribution in [3.8, 4) is 16.9 Å². The highest BCUT2D eigenvalue weighted by Crippen LogP contribution is 2.36. The van der Waals surface area contributed by atoms with E-state index in [2.05, 4.69) is 40.3 Å². The minimum Gasteiger partial charge on any atom is -0.491 e. The minimum absolute atomic E-state index is 0.158. The summed E-state index contributed by atoms with van der Waals surface area (Å²) >= 11 is 0. The summed E-state index contributed by atoms with van der Waals surface area (Å²) < 4.78 is 17.9. The molecule has 1 aromatic heterocycles. The van der Waals surface area contributed by atoms with E-state index in [4.69, 9.17) is 14.2 Å². The van der Waals surface area contributed by atoms with E-state index in [1.807, 2.05) is 44.2 Å². The van der Waals surface area contributed by atoms with Gasteiger partial charge in [-0.15, -0.1) is 0 Å². The third kappa shape index (κ3) is 8.36. The molecule has 2 aromatic carbocycles. The van der Waals surface area contributed by atoms with Crippen LogP contribution in [0.2, 0.25) is 0 Å². The highest BCUT2D eigenvalue weighted by atomic mass is 16.5. The van der Waals surface area contributed by atoms with Crippen molar-refractivity contribution in [2.75, 3.05) is 59.1 Å². The molecule has 0 bridgehead atoms. The third-order valence-electron chi connectivity index (χ3n) is 9.31. The monoisotopic (exact) mass is 621 g/mol. The molecule has 1 saturated carbocycles. The van der Waals surface area contributed by atoms with Crippen LogP contribution < -0.4 is 20.5 Å². The Labute approximate surface area is 267 Å². The smallest absolute Gasteiger partial charge is 0.269 e. The topological polar surface area (TPSA) is 101 Å². The molecule has 0 saturated heterocycles. The summed E-state index contributed by atoms with van der Waals surface area (Å²) in [6.07, 6.45) is 4.43.